The number of rotatable bonds is 8. The summed E-state index contributed by atoms with van der Waals surface area (Å²) in [7, 11) is 8.75. The Labute approximate surface area is 696 Å². The first-order valence-corrected chi connectivity index (χ1v) is 45.0. The Balaban J connectivity index is 0.000000111. The number of fused-ring (bicyclic) bond motifs is 12. The Hall–Kier alpha value is -9.64. The minimum Gasteiger partial charge on any atom is -0.201 e. The van der Waals surface area contributed by atoms with Crippen LogP contribution in [0.15, 0.2) is 170 Å². The maximum absolute atomic E-state index is 2.53. The topological polar surface area (TPSA) is 15.5 Å². The molecule has 20 rings (SSSR count). The van der Waals surface area contributed by atoms with Crippen LogP contribution in [-0.2, 0) is 53.9 Å². The molecule has 0 spiro atoms. The molecule has 4 nitrogen and oxygen atoms in total. The Morgan fingerprint density at radius 2 is 0.543 bits per heavy atom. The SMILES string of the molecule is Cc1cc(-c2c(C)ccc3c2Cc2c-3cccc2C2CCCCC2)[n+](C)cc1C.Cc1cc(-c2c(C)ccc3c2Cc2cc(C4CCCCC4)ccc2-3)[n+](C)cc1C.Cc1cc(-c2c(C)ccc3c2Cc2ccc(C4CCCCC4)cc2-3)[n+](C)cc1C.Cc1cc(-c2c(C)ccc3c2Cc2cccc(C4CCCCC4)c2-3)[n+](C)cc1C. The zero-order valence-corrected chi connectivity index (χ0v) is 73.2. The van der Waals surface area contributed by atoms with E-state index in [1.807, 2.05) is 0 Å². The minimum absolute atomic E-state index is 0.743. The van der Waals surface area contributed by atoms with Crippen LogP contribution in [0.5, 0.6) is 0 Å². The van der Waals surface area contributed by atoms with Crippen LogP contribution in [0.3, 0.4) is 0 Å². The Morgan fingerprint density at radius 3 is 1.00 bits per heavy atom. The van der Waals surface area contributed by atoms with Gasteiger partial charge in [0.15, 0.2) is 24.8 Å². The van der Waals surface area contributed by atoms with Crippen molar-refractivity contribution in [1.82, 2.24) is 0 Å². The Bertz CT molecular complexity index is 5820. The van der Waals surface area contributed by atoms with E-state index >= 15 is 0 Å². The molecule has 0 saturated heterocycles. The van der Waals surface area contributed by atoms with E-state index in [0.29, 0.717) is 0 Å². The highest BCUT2D eigenvalue weighted by molar-refractivity contribution is 5.90. The van der Waals surface area contributed by atoms with E-state index in [1.165, 1.54) is 318 Å². The van der Waals surface area contributed by atoms with Crippen molar-refractivity contribution in [3.05, 3.63) is 304 Å². The average Bonchev–Trinajstić information content (AvgIpc) is 1.58. The van der Waals surface area contributed by atoms with Crippen molar-refractivity contribution in [3.8, 4) is 89.5 Å². The molecule has 0 amide bonds. The Morgan fingerprint density at radius 1 is 0.216 bits per heavy atom. The summed E-state index contributed by atoms with van der Waals surface area (Å²) in [5, 5.41) is 0. The largest absolute Gasteiger partial charge is 0.213 e. The highest BCUT2D eigenvalue weighted by atomic mass is 14.9. The minimum atomic E-state index is 0.743. The van der Waals surface area contributed by atoms with Crippen molar-refractivity contribution in [3.63, 3.8) is 0 Å². The smallest absolute Gasteiger partial charge is 0.201 e. The van der Waals surface area contributed by atoms with Gasteiger partial charge in [0.1, 0.15) is 28.2 Å². The molecule has 12 aromatic rings. The van der Waals surface area contributed by atoms with Crippen molar-refractivity contribution in [2.45, 2.75) is 261 Å². The second-order valence-corrected chi connectivity index (χ2v) is 37.3. The number of nitrogens with zero attached hydrogens (tertiary/aromatic N) is 4. The van der Waals surface area contributed by atoms with E-state index in [1.54, 1.807) is 33.4 Å². The van der Waals surface area contributed by atoms with Gasteiger partial charge in [0.05, 0.1) is 22.3 Å². The Kier molecular flexibility index (Phi) is 22.5. The van der Waals surface area contributed by atoms with Crippen LogP contribution in [0.4, 0.5) is 0 Å². The summed E-state index contributed by atoms with van der Waals surface area (Å²) in [6, 6.07) is 57.1. The first-order valence-electron chi connectivity index (χ1n) is 45.0. The third-order valence-electron chi connectivity index (χ3n) is 29.6. The van der Waals surface area contributed by atoms with Crippen molar-refractivity contribution in [2.75, 3.05) is 0 Å². The van der Waals surface area contributed by atoms with Gasteiger partial charge in [-0.3, -0.25) is 0 Å². The number of hydrogen-bond acceptors (Lipinski definition) is 0. The van der Waals surface area contributed by atoms with Crippen molar-refractivity contribution in [2.24, 2.45) is 28.2 Å². The summed E-state index contributed by atoms with van der Waals surface area (Å²) >= 11 is 0. The highest BCUT2D eigenvalue weighted by Gasteiger charge is 2.36. The summed E-state index contributed by atoms with van der Waals surface area (Å²) in [5.74, 6) is 3.04. The molecule has 0 unspecified atom stereocenters. The fraction of sp³-hybridized carbons (Fsp3) is 0.393. The van der Waals surface area contributed by atoms with Gasteiger partial charge in [0, 0.05) is 46.5 Å². The van der Waals surface area contributed by atoms with Crippen LogP contribution < -0.4 is 18.3 Å². The lowest BCUT2D eigenvalue weighted by atomic mass is 9.80. The number of pyridine rings is 4. The third-order valence-corrected chi connectivity index (χ3v) is 29.6. The van der Waals surface area contributed by atoms with Crippen molar-refractivity contribution >= 4 is 0 Å². The van der Waals surface area contributed by atoms with Gasteiger partial charge in [0.2, 0.25) is 22.8 Å². The normalized spacial score (nSPS) is 16.0. The molecule has 0 aliphatic heterocycles. The molecule has 4 saturated carbocycles. The van der Waals surface area contributed by atoms with Gasteiger partial charge in [-0.15, -0.1) is 0 Å². The molecule has 4 fully saturated rings. The van der Waals surface area contributed by atoms with Gasteiger partial charge in [-0.1, -0.05) is 198 Å². The van der Waals surface area contributed by atoms with Gasteiger partial charge in [-0.05, 0) is 340 Å². The highest BCUT2D eigenvalue weighted by Crippen LogP contribution is 2.52. The monoisotopic (exact) mass is 1530 g/mol. The molecule has 0 N–H and O–H groups in total. The molecule has 0 bridgehead atoms. The number of aromatic nitrogens is 4. The predicted octanol–water partition coefficient (Wildman–Crippen LogP) is 26.9. The second kappa shape index (κ2) is 33.0. The fourth-order valence-corrected chi connectivity index (χ4v) is 22.6. The van der Waals surface area contributed by atoms with E-state index in [-0.39, 0.29) is 0 Å². The molecule has 4 aromatic heterocycles. The van der Waals surface area contributed by atoms with Crippen LogP contribution in [0, 0.1) is 83.1 Å². The number of benzene rings is 8. The van der Waals surface area contributed by atoms with Gasteiger partial charge in [-0.2, -0.15) is 0 Å². The second-order valence-electron chi connectivity index (χ2n) is 37.3. The third kappa shape index (κ3) is 15.0. The molecule has 4 heteroatoms. The maximum atomic E-state index is 2.53. The van der Waals surface area contributed by atoms with Crippen LogP contribution >= 0.6 is 0 Å². The van der Waals surface area contributed by atoms with Crippen molar-refractivity contribution in [1.29, 1.82) is 0 Å². The van der Waals surface area contributed by atoms with Crippen LogP contribution in [-0.4, -0.2) is 0 Å². The van der Waals surface area contributed by atoms with Gasteiger partial charge in [-0.25, -0.2) is 18.3 Å². The summed E-state index contributed by atoms with van der Waals surface area (Å²) in [6.45, 7) is 26.8. The molecule has 8 aliphatic carbocycles. The summed E-state index contributed by atoms with van der Waals surface area (Å²) in [6.07, 6.45) is 41.1. The quantitative estimate of drug-likeness (QED) is 0.135. The standard InChI is InChI=1S/4C28H32N/c1-18-13-14-24-23-12-8-11-22(21-9-6-5-7-10-21)25(23)16-26(24)28(18)27-15-19(2)20(3)17-29(27)4;1-18-13-14-24-25(27(18)26-15-19(2)20(3)17-29(26)4)16-22-11-8-12-23(28(22)24)21-9-6-5-7-10-21;1-18-10-13-24-25-15-22(21-8-6-5-7-9-21)11-12-23(25)16-26(24)28(18)27-14-19(2)20(3)17-29(27)4;1-18-10-12-25-24-13-11-22(21-8-6-5-7-9-21)15-23(24)16-26(25)28(18)27-14-19(2)20(3)17-29(27)4/h2*8,11-15,17,21H,5-7,9-10,16H2,1-4H3;2*10-15,17,21H,5-9,16H2,1-4H3/q4*+1. The molecule has 0 atom stereocenters. The van der Waals surface area contributed by atoms with Crippen molar-refractivity contribution < 1.29 is 18.3 Å². The van der Waals surface area contributed by atoms with Crippen LogP contribution in [0.1, 0.15) is 286 Å². The lowest BCUT2D eigenvalue weighted by Crippen LogP contribution is -2.32. The molecule has 8 aromatic carbocycles. The van der Waals surface area contributed by atoms with Gasteiger partial charge < -0.3 is 0 Å². The molecule has 116 heavy (non-hydrogen) atoms. The van der Waals surface area contributed by atoms with E-state index in [0.717, 1.165) is 49.4 Å². The van der Waals surface area contributed by atoms with Crippen LogP contribution in [0.25, 0.3) is 89.5 Å². The van der Waals surface area contributed by atoms with Crippen LogP contribution in [0.2, 0.25) is 0 Å². The van der Waals surface area contributed by atoms with E-state index in [9.17, 15) is 0 Å². The summed E-state index contributed by atoms with van der Waals surface area (Å²) in [5.41, 5.74) is 57.9. The lowest BCUT2D eigenvalue weighted by Gasteiger charge is -2.24. The first-order chi connectivity index (χ1) is 56.1. The fourth-order valence-electron chi connectivity index (χ4n) is 22.6. The van der Waals surface area contributed by atoms with Gasteiger partial charge >= 0.3 is 0 Å². The first kappa shape index (κ1) is 78.9. The molecule has 8 aliphatic rings. The zero-order chi connectivity index (χ0) is 80.5. The lowest BCUT2D eigenvalue weighted by molar-refractivity contribution is -0.660. The summed E-state index contributed by atoms with van der Waals surface area (Å²) in [4.78, 5) is 0. The molecule has 4 heterocycles. The average molecular weight is 1530 g/mol. The van der Waals surface area contributed by atoms with E-state index < -0.39 is 0 Å². The predicted molar refractivity (Wildman–Crippen MR) is 485 cm³/mol. The number of aryl methyl sites for hydroxylation is 16. The maximum Gasteiger partial charge on any atom is 0.213 e. The van der Waals surface area contributed by atoms with E-state index in [2.05, 4.69) is 300 Å². The van der Waals surface area contributed by atoms with E-state index in [4.69, 9.17) is 0 Å². The van der Waals surface area contributed by atoms with Gasteiger partial charge in [0.25, 0.3) is 0 Å². The molecular weight excluding hydrogens is 1400 g/mol. The zero-order valence-electron chi connectivity index (χ0n) is 73.2. The summed E-state index contributed by atoms with van der Waals surface area (Å²) < 4.78 is 9.24. The molecular formula is C112H128N4+4. The molecule has 0 radical (unpaired) electrons. The molecule has 592 valence electrons. The number of hydrogen-bond donors (Lipinski definition) is 0.